The molecule has 1 fully saturated rings. The Morgan fingerprint density at radius 2 is 1.88 bits per heavy atom. The minimum Gasteiger partial charge on any atom is -0.457 e. The number of likely N-dealkylation sites (tertiary alicyclic amines) is 1. The summed E-state index contributed by atoms with van der Waals surface area (Å²) in [5.41, 5.74) is 1.49. The van der Waals surface area contributed by atoms with Crippen LogP contribution in [0.3, 0.4) is 0 Å². The molecule has 24 heavy (non-hydrogen) atoms. The monoisotopic (exact) mass is 322 g/mol. The number of nitrogens with zero attached hydrogens (tertiary/aromatic N) is 1. The van der Waals surface area contributed by atoms with Crippen LogP contribution < -0.4 is 10.1 Å². The van der Waals surface area contributed by atoms with Crippen LogP contribution >= 0.6 is 0 Å². The summed E-state index contributed by atoms with van der Waals surface area (Å²) in [4.78, 5) is 25.1. The predicted molar refractivity (Wildman–Crippen MR) is 91.7 cm³/mol. The van der Waals surface area contributed by atoms with Crippen LogP contribution in [-0.4, -0.2) is 30.4 Å². The molecule has 3 rings (SSSR count). The van der Waals surface area contributed by atoms with E-state index in [4.69, 9.17) is 4.74 Å². The second-order valence-electron chi connectivity index (χ2n) is 5.42. The van der Waals surface area contributed by atoms with Crippen molar-refractivity contribution < 1.29 is 14.3 Å². The molecular weight excluding hydrogens is 304 g/mol. The van der Waals surface area contributed by atoms with E-state index in [1.54, 1.807) is 0 Å². The molecule has 0 aliphatic carbocycles. The Balaban J connectivity index is 1.77. The topological polar surface area (TPSA) is 58.6 Å². The number of para-hydroxylation sites is 1. The second kappa shape index (κ2) is 7.00. The molecule has 0 spiro atoms. The zero-order valence-corrected chi connectivity index (χ0v) is 13.4. The summed E-state index contributed by atoms with van der Waals surface area (Å²) in [6.45, 7) is 0.407. The summed E-state index contributed by atoms with van der Waals surface area (Å²) in [7, 11) is 1.52. The van der Waals surface area contributed by atoms with Crippen molar-refractivity contribution in [1.82, 2.24) is 10.2 Å². The Bertz CT molecular complexity index is 784. The molecule has 122 valence electrons. The van der Waals surface area contributed by atoms with Gasteiger partial charge in [0.2, 0.25) is 0 Å². The SMILES string of the molecule is CNC(=O)N1CC/C(=C\c2cccc(Oc3ccccc3)c2)C1=O. The molecule has 0 unspecified atom stereocenters. The first kappa shape index (κ1) is 15.8. The maximum Gasteiger partial charge on any atom is 0.324 e. The first-order valence-electron chi connectivity index (χ1n) is 7.74. The molecule has 2 aromatic rings. The molecule has 3 amide bonds. The highest BCUT2D eigenvalue weighted by molar-refractivity contribution is 6.08. The van der Waals surface area contributed by atoms with E-state index in [0.29, 0.717) is 24.3 Å². The van der Waals surface area contributed by atoms with E-state index < -0.39 is 0 Å². The normalized spacial score (nSPS) is 15.6. The maximum atomic E-state index is 12.3. The zero-order chi connectivity index (χ0) is 16.9. The van der Waals surface area contributed by atoms with Gasteiger partial charge in [-0.1, -0.05) is 30.3 Å². The van der Waals surface area contributed by atoms with Crippen molar-refractivity contribution >= 4 is 18.0 Å². The molecule has 1 aliphatic rings. The Labute approximate surface area is 140 Å². The van der Waals surface area contributed by atoms with Crippen LogP contribution in [0, 0.1) is 0 Å². The molecule has 2 aromatic carbocycles. The lowest BCUT2D eigenvalue weighted by atomic mass is 10.1. The lowest BCUT2D eigenvalue weighted by Crippen LogP contribution is -2.38. The lowest BCUT2D eigenvalue weighted by Gasteiger charge is -2.11. The van der Waals surface area contributed by atoms with Gasteiger partial charge in [0.1, 0.15) is 11.5 Å². The highest BCUT2D eigenvalue weighted by Crippen LogP contribution is 2.25. The minimum absolute atomic E-state index is 0.247. The van der Waals surface area contributed by atoms with Crippen LogP contribution in [0.5, 0.6) is 11.5 Å². The summed E-state index contributed by atoms with van der Waals surface area (Å²) in [5, 5.41) is 2.48. The van der Waals surface area contributed by atoms with E-state index in [1.807, 2.05) is 60.7 Å². The summed E-state index contributed by atoms with van der Waals surface area (Å²) in [6.07, 6.45) is 2.36. The summed E-state index contributed by atoms with van der Waals surface area (Å²) in [6, 6.07) is 16.7. The van der Waals surface area contributed by atoms with Crippen molar-refractivity contribution in [3.63, 3.8) is 0 Å². The van der Waals surface area contributed by atoms with E-state index in [2.05, 4.69) is 5.32 Å². The molecule has 1 saturated heterocycles. The van der Waals surface area contributed by atoms with Crippen molar-refractivity contribution in [2.75, 3.05) is 13.6 Å². The number of amides is 3. The number of rotatable bonds is 3. The Morgan fingerprint density at radius 1 is 1.12 bits per heavy atom. The number of benzene rings is 2. The molecule has 5 nitrogen and oxygen atoms in total. The van der Waals surface area contributed by atoms with Gasteiger partial charge in [-0.3, -0.25) is 9.69 Å². The number of ether oxygens (including phenoxy) is 1. The first-order valence-corrected chi connectivity index (χ1v) is 7.74. The van der Waals surface area contributed by atoms with Crippen molar-refractivity contribution in [3.8, 4) is 11.5 Å². The summed E-state index contributed by atoms with van der Waals surface area (Å²) >= 11 is 0. The molecule has 0 atom stereocenters. The highest BCUT2D eigenvalue weighted by atomic mass is 16.5. The number of nitrogens with one attached hydrogen (secondary N) is 1. The number of hydrogen-bond acceptors (Lipinski definition) is 3. The number of carbonyl (C=O) groups excluding carboxylic acids is 2. The molecule has 0 aromatic heterocycles. The molecule has 1 aliphatic heterocycles. The van der Waals surface area contributed by atoms with Gasteiger partial charge in [-0.25, -0.2) is 4.79 Å². The van der Waals surface area contributed by atoms with Crippen LogP contribution in [-0.2, 0) is 4.79 Å². The Kier molecular flexibility index (Phi) is 4.61. The number of imide groups is 1. The second-order valence-corrected chi connectivity index (χ2v) is 5.42. The largest absolute Gasteiger partial charge is 0.457 e. The Morgan fingerprint density at radius 3 is 2.62 bits per heavy atom. The molecule has 0 saturated carbocycles. The van der Waals surface area contributed by atoms with Gasteiger partial charge in [0.05, 0.1) is 0 Å². The van der Waals surface area contributed by atoms with Crippen molar-refractivity contribution in [3.05, 3.63) is 65.7 Å². The average Bonchev–Trinajstić information content (AvgIpc) is 2.96. The van der Waals surface area contributed by atoms with E-state index in [-0.39, 0.29) is 11.9 Å². The lowest BCUT2D eigenvalue weighted by molar-refractivity contribution is -0.122. The quantitative estimate of drug-likeness (QED) is 0.881. The van der Waals surface area contributed by atoms with Crippen molar-refractivity contribution in [2.45, 2.75) is 6.42 Å². The van der Waals surface area contributed by atoms with Gasteiger partial charge in [-0.05, 0) is 42.3 Å². The predicted octanol–water partition coefficient (Wildman–Crippen LogP) is 3.43. The fourth-order valence-corrected chi connectivity index (χ4v) is 2.57. The van der Waals surface area contributed by atoms with Gasteiger partial charge in [0, 0.05) is 19.2 Å². The number of carbonyl (C=O) groups is 2. The van der Waals surface area contributed by atoms with Gasteiger partial charge in [0.15, 0.2) is 0 Å². The van der Waals surface area contributed by atoms with Crippen LogP contribution in [0.1, 0.15) is 12.0 Å². The zero-order valence-electron chi connectivity index (χ0n) is 13.4. The van der Waals surface area contributed by atoms with Crippen molar-refractivity contribution in [2.24, 2.45) is 0 Å². The van der Waals surface area contributed by atoms with Gasteiger partial charge >= 0.3 is 6.03 Å². The van der Waals surface area contributed by atoms with E-state index in [1.165, 1.54) is 11.9 Å². The standard InChI is InChI=1S/C19H18N2O3/c1-20-19(23)21-11-10-15(18(21)22)12-14-6-5-9-17(13-14)24-16-7-3-2-4-8-16/h2-9,12-13H,10-11H2,1H3,(H,20,23)/b15-12+. The fourth-order valence-electron chi connectivity index (χ4n) is 2.57. The first-order chi connectivity index (χ1) is 11.7. The smallest absolute Gasteiger partial charge is 0.324 e. The summed E-state index contributed by atoms with van der Waals surface area (Å²) in [5.74, 6) is 1.21. The third-order valence-electron chi connectivity index (χ3n) is 3.76. The van der Waals surface area contributed by atoms with Crippen molar-refractivity contribution in [1.29, 1.82) is 0 Å². The van der Waals surface area contributed by atoms with Crippen LogP contribution in [0.2, 0.25) is 0 Å². The van der Waals surface area contributed by atoms with E-state index in [9.17, 15) is 9.59 Å². The molecule has 1 N–H and O–H groups in total. The molecule has 5 heteroatoms. The van der Waals surface area contributed by atoms with E-state index >= 15 is 0 Å². The van der Waals surface area contributed by atoms with Crippen LogP contribution in [0.25, 0.3) is 6.08 Å². The number of urea groups is 1. The highest BCUT2D eigenvalue weighted by Gasteiger charge is 2.30. The molecule has 0 radical (unpaired) electrons. The van der Waals surface area contributed by atoms with Gasteiger partial charge in [0.25, 0.3) is 5.91 Å². The van der Waals surface area contributed by atoms with Gasteiger partial charge in [-0.2, -0.15) is 0 Å². The van der Waals surface area contributed by atoms with E-state index in [0.717, 1.165) is 11.3 Å². The third-order valence-corrected chi connectivity index (χ3v) is 3.76. The molecule has 0 bridgehead atoms. The van der Waals surface area contributed by atoms with Gasteiger partial charge < -0.3 is 10.1 Å². The Hall–Kier alpha value is -3.08. The van der Waals surface area contributed by atoms with Crippen LogP contribution in [0.15, 0.2) is 60.2 Å². The summed E-state index contributed by atoms with van der Waals surface area (Å²) < 4.78 is 5.80. The minimum atomic E-state index is -0.371. The maximum absolute atomic E-state index is 12.3. The van der Waals surface area contributed by atoms with Gasteiger partial charge in [-0.15, -0.1) is 0 Å². The third kappa shape index (κ3) is 3.46. The van der Waals surface area contributed by atoms with Crippen LogP contribution in [0.4, 0.5) is 4.79 Å². The average molecular weight is 322 g/mol. The number of hydrogen-bond donors (Lipinski definition) is 1. The molecular formula is C19H18N2O3. The molecule has 1 heterocycles. The fraction of sp³-hybridized carbons (Fsp3) is 0.158.